The summed E-state index contributed by atoms with van der Waals surface area (Å²) in [7, 11) is 0. The van der Waals surface area contributed by atoms with E-state index in [-0.39, 0.29) is 18.1 Å². The second kappa shape index (κ2) is 7.44. The van der Waals surface area contributed by atoms with E-state index >= 15 is 0 Å². The lowest BCUT2D eigenvalue weighted by Crippen LogP contribution is -2.24. The Morgan fingerprint density at radius 3 is 2.59 bits per heavy atom. The molecule has 2 aromatic carbocycles. The molecular weight excluding hydrogens is 369 g/mol. The third-order valence-corrected chi connectivity index (χ3v) is 4.60. The molecule has 0 saturated heterocycles. The van der Waals surface area contributed by atoms with Gasteiger partial charge in [0.1, 0.15) is 11.6 Å². The normalized spacial score (nSPS) is 10.6. The monoisotopic (exact) mass is 385 g/mol. The zero-order chi connectivity index (χ0) is 20.4. The molecule has 29 heavy (non-hydrogen) atoms. The molecule has 4 aromatic rings. The van der Waals surface area contributed by atoms with Gasteiger partial charge in [-0.3, -0.25) is 9.13 Å². The van der Waals surface area contributed by atoms with E-state index in [1.807, 2.05) is 12.1 Å². The van der Waals surface area contributed by atoms with Gasteiger partial charge in [0, 0.05) is 18.0 Å². The van der Waals surface area contributed by atoms with Gasteiger partial charge in [0.2, 0.25) is 0 Å². The predicted molar refractivity (Wildman–Crippen MR) is 108 cm³/mol. The quantitative estimate of drug-likeness (QED) is 0.583. The van der Waals surface area contributed by atoms with E-state index in [2.05, 4.69) is 11.1 Å². The van der Waals surface area contributed by atoms with E-state index in [1.165, 1.54) is 21.3 Å². The Morgan fingerprint density at radius 1 is 1.10 bits per heavy atom. The van der Waals surface area contributed by atoms with Crippen LogP contribution in [-0.2, 0) is 6.54 Å². The van der Waals surface area contributed by atoms with E-state index < -0.39 is 0 Å². The fourth-order valence-electron chi connectivity index (χ4n) is 3.21. The summed E-state index contributed by atoms with van der Waals surface area (Å²) in [4.78, 5) is 17.2. The van der Waals surface area contributed by atoms with Crippen LogP contribution in [0.2, 0.25) is 0 Å². The van der Waals surface area contributed by atoms with Crippen molar-refractivity contribution in [3.05, 3.63) is 100 Å². The number of hydrogen-bond acceptors (Lipinski definition) is 4. The van der Waals surface area contributed by atoms with Crippen molar-refractivity contribution in [1.82, 2.24) is 14.1 Å². The van der Waals surface area contributed by atoms with Gasteiger partial charge in [0.25, 0.3) is 0 Å². The number of imidazole rings is 1. The minimum Gasteiger partial charge on any atom is -0.384 e. The van der Waals surface area contributed by atoms with Crippen molar-refractivity contribution >= 4 is 5.82 Å². The van der Waals surface area contributed by atoms with Crippen LogP contribution < -0.4 is 11.4 Å². The van der Waals surface area contributed by atoms with Crippen LogP contribution in [0, 0.1) is 17.1 Å². The van der Waals surface area contributed by atoms with Gasteiger partial charge in [-0.15, -0.1) is 0 Å². The van der Waals surface area contributed by atoms with Crippen molar-refractivity contribution in [2.45, 2.75) is 6.54 Å². The highest BCUT2D eigenvalue weighted by Crippen LogP contribution is 2.23. The van der Waals surface area contributed by atoms with Crippen LogP contribution in [0.5, 0.6) is 0 Å². The number of benzene rings is 2. The average Bonchev–Trinajstić information content (AvgIpc) is 3.05. The Balaban J connectivity index is 1.90. The Labute approximate surface area is 165 Å². The number of hydrogen-bond donors (Lipinski definition) is 1. The first-order valence-electron chi connectivity index (χ1n) is 8.85. The van der Waals surface area contributed by atoms with Crippen molar-refractivity contribution in [3.8, 4) is 23.0 Å². The molecule has 0 aliphatic carbocycles. The first-order valence-corrected chi connectivity index (χ1v) is 8.85. The molecule has 0 saturated carbocycles. The molecule has 6 nitrogen and oxygen atoms in total. The summed E-state index contributed by atoms with van der Waals surface area (Å²) in [5, 5.41) is 9.34. The van der Waals surface area contributed by atoms with Crippen LogP contribution in [0.3, 0.4) is 0 Å². The van der Waals surface area contributed by atoms with Crippen LogP contribution in [0.15, 0.2) is 77.9 Å². The predicted octanol–water partition coefficient (Wildman–Crippen LogP) is 3.34. The molecule has 0 atom stereocenters. The van der Waals surface area contributed by atoms with Crippen LogP contribution in [0.25, 0.3) is 16.9 Å². The summed E-state index contributed by atoms with van der Waals surface area (Å²) in [6.45, 7) is 0.227. The number of pyridine rings is 1. The lowest BCUT2D eigenvalue weighted by Gasteiger charge is -2.07. The lowest BCUT2D eigenvalue weighted by molar-refractivity contribution is 0.627. The van der Waals surface area contributed by atoms with Gasteiger partial charge < -0.3 is 5.73 Å². The molecule has 0 aliphatic heterocycles. The number of nitrogen functional groups attached to an aromatic ring is 1. The Hall–Kier alpha value is -4.18. The third kappa shape index (κ3) is 3.51. The molecule has 0 spiro atoms. The fourth-order valence-corrected chi connectivity index (χ4v) is 3.21. The maximum absolute atomic E-state index is 13.4. The molecule has 0 bridgehead atoms. The molecule has 2 N–H and O–H groups in total. The van der Waals surface area contributed by atoms with Gasteiger partial charge in [-0.1, -0.05) is 18.2 Å². The van der Waals surface area contributed by atoms with Gasteiger partial charge in [0.15, 0.2) is 0 Å². The number of nitriles is 1. The Morgan fingerprint density at radius 2 is 1.86 bits per heavy atom. The van der Waals surface area contributed by atoms with Gasteiger partial charge in [0.05, 0.1) is 29.6 Å². The molecule has 0 fully saturated rings. The highest BCUT2D eigenvalue weighted by Gasteiger charge is 2.16. The topological polar surface area (TPSA) is 89.6 Å². The van der Waals surface area contributed by atoms with Crippen molar-refractivity contribution in [2.75, 3.05) is 5.73 Å². The van der Waals surface area contributed by atoms with Gasteiger partial charge in [-0.05, 0) is 48.0 Å². The average molecular weight is 385 g/mol. The standard InChI is InChI=1S/C22H16FN5O/c23-18-5-7-19(8-6-18)28-20(15-9-10-26-21(25)11-15)14-27(22(28)29)13-17-4-2-1-3-16(17)12-24/h1-11,14H,13H2,(H2,25,26). The highest BCUT2D eigenvalue weighted by atomic mass is 19.1. The molecule has 2 aromatic heterocycles. The summed E-state index contributed by atoms with van der Waals surface area (Å²) in [5.74, 6) is -0.0675. The van der Waals surface area contributed by atoms with Crippen molar-refractivity contribution in [1.29, 1.82) is 5.26 Å². The number of nitrogens with two attached hydrogens (primary N) is 1. The first kappa shape index (κ1) is 18.2. The largest absolute Gasteiger partial charge is 0.384 e. The lowest BCUT2D eigenvalue weighted by atomic mass is 10.1. The maximum Gasteiger partial charge on any atom is 0.333 e. The molecule has 2 heterocycles. The zero-order valence-electron chi connectivity index (χ0n) is 15.3. The second-order valence-electron chi connectivity index (χ2n) is 6.47. The first-order chi connectivity index (χ1) is 14.1. The smallest absolute Gasteiger partial charge is 0.333 e. The van der Waals surface area contributed by atoms with Gasteiger partial charge in [-0.25, -0.2) is 14.2 Å². The summed E-state index contributed by atoms with van der Waals surface area (Å²) < 4.78 is 16.4. The van der Waals surface area contributed by atoms with E-state index in [4.69, 9.17) is 5.73 Å². The minimum absolute atomic E-state index is 0.227. The van der Waals surface area contributed by atoms with Crippen molar-refractivity contribution in [3.63, 3.8) is 0 Å². The Kier molecular flexibility index (Phi) is 4.67. The van der Waals surface area contributed by atoms with E-state index in [0.29, 0.717) is 28.3 Å². The zero-order valence-corrected chi connectivity index (χ0v) is 15.3. The molecule has 0 aliphatic rings. The number of anilines is 1. The van der Waals surface area contributed by atoms with E-state index in [0.717, 1.165) is 5.56 Å². The number of nitrogens with zero attached hydrogens (tertiary/aromatic N) is 4. The fraction of sp³-hybridized carbons (Fsp3) is 0.0455. The van der Waals surface area contributed by atoms with Crippen LogP contribution in [-0.4, -0.2) is 14.1 Å². The summed E-state index contributed by atoms with van der Waals surface area (Å²) >= 11 is 0. The summed E-state index contributed by atoms with van der Waals surface area (Å²) in [5.41, 5.74) is 8.55. The Bertz CT molecular complexity index is 1280. The van der Waals surface area contributed by atoms with Crippen molar-refractivity contribution in [2.24, 2.45) is 0 Å². The van der Waals surface area contributed by atoms with Gasteiger partial charge >= 0.3 is 5.69 Å². The second-order valence-corrected chi connectivity index (χ2v) is 6.47. The van der Waals surface area contributed by atoms with Gasteiger partial charge in [-0.2, -0.15) is 5.26 Å². The number of aromatic nitrogens is 3. The molecule has 0 amide bonds. The molecule has 7 heteroatoms. The number of rotatable bonds is 4. The molecule has 142 valence electrons. The molecule has 4 rings (SSSR count). The van der Waals surface area contributed by atoms with Crippen LogP contribution in [0.1, 0.15) is 11.1 Å². The maximum atomic E-state index is 13.4. The summed E-state index contributed by atoms with van der Waals surface area (Å²) in [6.07, 6.45) is 3.26. The molecule has 0 radical (unpaired) electrons. The number of halogens is 1. The highest BCUT2D eigenvalue weighted by molar-refractivity contribution is 5.64. The molecular formula is C22H16FN5O. The van der Waals surface area contributed by atoms with E-state index in [1.54, 1.807) is 48.8 Å². The molecule has 0 unspecified atom stereocenters. The SMILES string of the molecule is N#Cc1ccccc1Cn1cc(-c2ccnc(N)c2)n(-c2ccc(F)cc2)c1=O. The van der Waals surface area contributed by atoms with Crippen LogP contribution in [0.4, 0.5) is 10.2 Å². The third-order valence-electron chi connectivity index (χ3n) is 4.60. The summed E-state index contributed by atoms with van der Waals surface area (Å²) in [6, 6.07) is 18.4. The van der Waals surface area contributed by atoms with E-state index in [9.17, 15) is 14.4 Å². The van der Waals surface area contributed by atoms with Crippen LogP contribution >= 0.6 is 0 Å². The van der Waals surface area contributed by atoms with Crippen molar-refractivity contribution < 1.29 is 4.39 Å². The minimum atomic E-state index is -0.390.